The Kier molecular flexibility index (Phi) is 3.26. The molecule has 1 aliphatic heterocycles. The zero-order chi connectivity index (χ0) is 11.8. The maximum absolute atomic E-state index is 5.56. The van der Waals surface area contributed by atoms with Crippen LogP contribution in [0.5, 0.6) is 0 Å². The Bertz CT molecular complexity index is 299. The fourth-order valence-electron chi connectivity index (χ4n) is 3.68. The second kappa shape index (κ2) is 4.73. The summed E-state index contributed by atoms with van der Waals surface area (Å²) < 4.78 is 0. The van der Waals surface area contributed by atoms with E-state index in [2.05, 4.69) is 22.2 Å². The van der Waals surface area contributed by atoms with Crippen LogP contribution in [0.2, 0.25) is 0 Å². The number of piperazine rings is 1. The van der Waals surface area contributed by atoms with Gasteiger partial charge in [0.15, 0.2) is 5.11 Å². The van der Waals surface area contributed by atoms with Gasteiger partial charge in [0.1, 0.15) is 0 Å². The van der Waals surface area contributed by atoms with Gasteiger partial charge < -0.3 is 15.1 Å². The average Bonchev–Trinajstić information content (AvgIpc) is 2.91. The molecule has 0 aromatic rings. The molecular formula is C13H23N3S. The van der Waals surface area contributed by atoms with Crippen LogP contribution < -0.4 is 5.32 Å². The number of rotatable bonds is 1. The summed E-state index contributed by atoms with van der Waals surface area (Å²) >= 11 is 5.56. The molecule has 0 aromatic carbocycles. The topological polar surface area (TPSA) is 18.5 Å². The molecule has 0 aromatic heterocycles. The summed E-state index contributed by atoms with van der Waals surface area (Å²) in [6.45, 7) is 4.45. The maximum Gasteiger partial charge on any atom is 0.169 e. The molecule has 1 saturated heterocycles. The fourth-order valence-corrected chi connectivity index (χ4v) is 4.01. The Balaban J connectivity index is 1.50. The van der Waals surface area contributed by atoms with Crippen molar-refractivity contribution in [3.63, 3.8) is 0 Å². The first-order valence-corrected chi connectivity index (χ1v) is 7.37. The molecule has 2 bridgehead atoms. The predicted molar refractivity (Wildman–Crippen MR) is 74.0 cm³/mol. The van der Waals surface area contributed by atoms with E-state index in [-0.39, 0.29) is 0 Å². The number of fused-ring (bicyclic) bond motifs is 2. The third kappa shape index (κ3) is 2.43. The molecule has 4 heteroatoms. The van der Waals surface area contributed by atoms with Gasteiger partial charge in [-0.25, -0.2) is 0 Å². The third-order valence-electron chi connectivity index (χ3n) is 4.84. The maximum atomic E-state index is 5.56. The van der Waals surface area contributed by atoms with Crippen LogP contribution in [0.25, 0.3) is 0 Å². The molecule has 0 amide bonds. The van der Waals surface area contributed by atoms with Crippen molar-refractivity contribution in [1.29, 1.82) is 0 Å². The lowest BCUT2D eigenvalue weighted by Crippen LogP contribution is -2.53. The quantitative estimate of drug-likeness (QED) is 0.710. The van der Waals surface area contributed by atoms with Crippen LogP contribution in [0.4, 0.5) is 0 Å². The fraction of sp³-hybridized carbons (Fsp3) is 0.923. The van der Waals surface area contributed by atoms with Gasteiger partial charge in [-0.1, -0.05) is 6.42 Å². The monoisotopic (exact) mass is 253 g/mol. The summed E-state index contributed by atoms with van der Waals surface area (Å²) in [5.41, 5.74) is 0. The van der Waals surface area contributed by atoms with Crippen LogP contribution in [0.15, 0.2) is 0 Å². The van der Waals surface area contributed by atoms with E-state index < -0.39 is 0 Å². The molecule has 3 nitrogen and oxygen atoms in total. The molecule has 1 N–H and O–H groups in total. The van der Waals surface area contributed by atoms with Crippen LogP contribution in [-0.4, -0.2) is 54.2 Å². The van der Waals surface area contributed by atoms with E-state index in [1.54, 1.807) is 0 Å². The minimum absolute atomic E-state index is 0.681. The smallest absolute Gasteiger partial charge is 0.169 e. The molecule has 3 fully saturated rings. The van der Waals surface area contributed by atoms with Crippen molar-refractivity contribution < 1.29 is 0 Å². The van der Waals surface area contributed by atoms with Crippen molar-refractivity contribution in [1.82, 2.24) is 15.1 Å². The molecule has 0 spiro atoms. The van der Waals surface area contributed by atoms with Crippen molar-refractivity contribution in [3.05, 3.63) is 0 Å². The molecular weight excluding hydrogens is 230 g/mol. The van der Waals surface area contributed by atoms with Crippen molar-refractivity contribution in [2.24, 2.45) is 11.8 Å². The van der Waals surface area contributed by atoms with E-state index in [0.717, 1.165) is 43.1 Å². The number of hydrogen-bond donors (Lipinski definition) is 1. The minimum atomic E-state index is 0.681. The highest BCUT2D eigenvalue weighted by Crippen LogP contribution is 2.44. The van der Waals surface area contributed by atoms with Crippen LogP contribution in [0, 0.1) is 11.8 Å². The van der Waals surface area contributed by atoms with Crippen molar-refractivity contribution in [2.45, 2.75) is 31.7 Å². The highest BCUT2D eigenvalue weighted by atomic mass is 32.1. The number of thiocarbonyl (C=S) groups is 1. The predicted octanol–water partition coefficient (Wildman–Crippen LogP) is 1.30. The lowest BCUT2D eigenvalue weighted by atomic mass is 9.95. The van der Waals surface area contributed by atoms with Gasteiger partial charge in [-0.3, -0.25) is 0 Å². The molecule has 1 heterocycles. The van der Waals surface area contributed by atoms with E-state index in [9.17, 15) is 0 Å². The first-order chi connectivity index (χ1) is 8.22. The summed E-state index contributed by atoms with van der Waals surface area (Å²) in [4.78, 5) is 4.72. The molecule has 3 aliphatic rings. The Hall–Kier alpha value is -0.350. The summed E-state index contributed by atoms with van der Waals surface area (Å²) in [6, 6.07) is 0.681. The normalized spacial score (nSPS) is 37.5. The molecule has 2 saturated carbocycles. The second-order valence-corrected chi connectivity index (χ2v) is 6.41. The lowest BCUT2D eigenvalue weighted by molar-refractivity contribution is 0.211. The van der Waals surface area contributed by atoms with Gasteiger partial charge in [-0.2, -0.15) is 0 Å². The molecule has 3 atom stereocenters. The Morgan fingerprint density at radius 1 is 1.12 bits per heavy atom. The summed E-state index contributed by atoms with van der Waals surface area (Å²) in [6.07, 6.45) is 5.69. The largest absolute Gasteiger partial charge is 0.360 e. The average molecular weight is 253 g/mol. The van der Waals surface area contributed by atoms with Gasteiger partial charge >= 0.3 is 0 Å². The lowest BCUT2D eigenvalue weighted by Gasteiger charge is -2.36. The zero-order valence-corrected chi connectivity index (χ0v) is 11.5. The summed E-state index contributed by atoms with van der Waals surface area (Å²) in [5.74, 6) is 1.90. The molecule has 3 rings (SSSR count). The Morgan fingerprint density at radius 3 is 2.47 bits per heavy atom. The third-order valence-corrected chi connectivity index (χ3v) is 5.21. The molecule has 0 radical (unpaired) electrons. The van der Waals surface area contributed by atoms with E-state index in [1.807, 2.05) is 0 Å². The van der Waals surface area contributed by atoms with Gasteiger partial charge in [-0.05, 0) is 50.4 Å². The summed E-state index contributed by atoms with van der Waals surface area (Å²) in [5, 5.41) is 4.64. The molecule has 96 valence electrons. The SMILES string of the molecule is CN1CCN(C(=S)N[C@H]2C[C@@H]3CC[C@H]2C3)CC1. The summed E-state index contributed by atoms with van der Waals surface area (Å²) in [7, 11) is 2.18. The Morgan fingerprint density at radius 2 is 1.88 bits per heavy atom. The van der Waals surface area contributed by atoms with Crippen molar-refractivity contribution in [2.75, 3.05) is 33.2 Å². The van der Waals surface area contributed by atoms with Gasteiger partial charge in [0.05, 0.1) is 0 Å². The zero-order valence-electron chi connectivity index (χ0n) is 10.7. The van der Waals surface area contributed by atoms with E-state index in [0.29, 0.717) is 6.04 Å². The van der Waals surface area contributed by atoms with Gasteiger partial charge in [0.25, 0.3) is 0 Å². The van der Waals surface area contributed by atoms with Gasteiger partial charge in [0.2, 0.25) is 0 Å². The minimum Gasteiger partial charge on any atom is -0.360 e. The van der Waals surface area contributed by atoms with Gasteiger partial charge in [0, 0.05) is 32.2 Å². The molecule has 0 unspecified atom stereocenters. The van der Waals surface area contributed by atoms with Gasteiger partial charge in [-0.15, -0.1) is 0 Å². The van der Waals surface area contributed by atoms with E-state index >= 15 is 0 Å². The van der Waals surface area contributed by atoms with Crippen molar-refractivity contribution in [3.8, 4) is 0 Å². The second-order valence-electron chi connectivity index (χ2n) is 6.02. The van der Waals surface area contributed by atoms with Crippen molar-refractivity contribution >= 4 is 17.3 Å². The Labute approximate surface area is 110 Å². The first-order valence-electron chi connectivity index (χ1n) is 6.96. The molecule has 17 heavy (non-hydrogen) atoms. The van der Waals surface area contributed by atoms with Crippen LogP contribution in [0.3, 0.4) is 0 Å². The highest BCUT2D eigenvalue weighted by Gasteiger charge is 2.40. The molecule has 2 aliphatic carbocycles. The number of hydrogen-bond acceptors (Lipinski definition) is 2. The highest BCUT2D eigenvalue weighted by molar-refractivity contribution is 7.80. The van der Waals surface area contributed by atoms with Crippen LogP contribution in [0.1, 0.15) is 25.7 Å². The van der Waals surface area contributed by atoms with E-state index in [1.165, 1.54) is 25.7 Å². The number of nitrogens with zero attached hydrogens (tertiary/aromatic N) is 2. The first kappa shape index (κ1) is 11.7. The van der Waals surface area contributed by atoms with Crippen LogP contribution in [-0.2, 0) is 0 Å². The number of nitrogens with one attached hydrogen (secondary N) is 1. The number of likely N-dealkylation sites (N-methyl/N-ethyl adjacent to an activating group) is 1. The van der Waals surface area contributed by atoms with E-state index in [4.69, 9.17) is 12.2 Å². The van der Waals surface area contributed by atoms with Crippen LogP contribution >= 0.6 is 12.2 Å². The standard InChI is InChI=1S/C13H23N3S/c1-15-4-6-16(7-5-15)13(17)14-12-9-10-2-3-11(12)8-10/h10-12H,2-9H2,1H3,(H,14,17)/t10-,11+,12+/m1/s1.